The Balaban J connectivity index is 1.60. The quantitative estimate of drug-likeness (QED) is 0.363. The van der Waals surface area contributed by atoms with Gasteiger partial charge in [0.15, 0.2) is 0 Å². The van der Waals surface area contributed by atoms with E-state index in [4.69, 9.17) is 9.47 Å². The van der Waals surface area contributed by atoms with Gasteiger partial charge in [-0.25, -0.2) is 4.98 Å². The zero-order valence-electron chi connectivity index (χ0n) is 19.9. The molecule has 1 aliphatic heterocycles. The Morgan fingerprint density at radius 3 is 2.54 bits per heavy atom. The Morgan fingerprint density at radius 1 is 1.11 bits per heavy atom. The summed E-state index contributed by atoms with van der Waals surface area (Å²) in [4.78, 5) is 21.6. The van der Waals surface area contributed by atoms with Crippen LogP contribution in [0, 0.1) is 0 Å². The Kier molecular flexibility index (Phi) is 7.77. The molecule has 2 aromatic carbocycles. The molecular formula is C25H25F3N6O3. The lowest BCUT2D eigenvalue weighted by molar-refractivity contribution is -0.137. The molecule has 0 bridgehead atoms. The highest BCUT2D eigenvalue weighted by Crippen LogP contribution is 2.36. The molecule has 1 aromatic heterocycles. The van der Waals surface area contributed by atoms with E-state index in [2.05, 4.69) is 37.4 Å². The van der Waals surface area contributed by atoms with Crippen LogP contribution in [0.5, 0.6) is 5.75 Å². The van der Waals surface area contributed by atoms with Crippen molar-refractivity contribution in [2.45, 2.75) is 6.18 Å². The van der Waals surface area contributed by atoms with E-state index in [1.807, 2.05) is 6.07 Å². The second kappa shape index (κ2) is 11.2. The number of alkyl halides is 3. The molecule has 12 heteroatoms. The van der Waals surface area contributed by atoms with Gasteiger partial charge in [-0.15, -0.1) is 0 Å². The number of hydrogen-bond donors (Lipinski definition) is 3. The fraction of sp³-hybridized carbons (Fsp3) is 0.240. The first-order valence-electron chi connectivity index (χ1n) is 11.3. The average Bonchev–Trinajstić information content (AvgIpc) is 2.88. The molecule has 1 amide bonds. The average molecular weight is 515 g/mol. The lowest BCUT2D eigenvalue weighted by atomic mass is 10.2. The number of carbonyl (C=O) groups is 1. The van der Waals surface area contributed by atoms with Gasteiger partial charge in [-0.05, 0) is 36.4 Å². The number of benzene rings is 2. The van der Waals surface area contributed by atoms with Crippen LogP contribution in [0.25, 0.3) is 0 Å². The second-order valence-electron chi connectivity index (χ2n) is 7.96. The second-order valence-corrected chi connectivity index (χ2v) is 7.96. The van der Waals surface area contributed by atoms with Crippen LogP contribution in [0.4, 0.5) is 47.7 Å². The number of halogens is 3. The molecule has 0 saturated carbocycles. The van der Waals surface area contributed by atoms with Crippen molar-refractivity contribution in [3.05, 3.63) is 66.9 Å². The molecule has 3 N–H and O–H groups in total. The van der Waals surface area contributed by atoms with Crippen LogP contribution < -0.4 is 25.6 Å². The molecule has 0 atom stereocenters. The molecule has 3 aromatic rings. The van der Waals surface area contributed by atoms with Gasteiger partial charge in [-0.1, -0.05) is 12.6 Å². The molecule has 37 heavy (non-hydrogen) atoms. The van der Waals surface area contributed by atoms with Crippen LogP contribution >= 0.6 is 0 Å². The van der Waals surface area contributed by atoms with Crippen molar-refractivity contribution in [1.29, 1.82) is 0 Å². The number of carbonyl (C=O) groups excluding carboxylic acids is 1. The molecule has 9 nitrogen and oxygen atoms in total. The maximum atomic E-state index is 13.7. The summed E-state index contributed by atoms with van der Waals surface area (Å²) >= 11 is 0. The summed E-state index contributed by atoms with van der Waals surface area (Å²) in [5, 5.41) is 8.18. The van der Waals surface area contributed by atoms with Gasteiger partial charge < -0.3 is 30.3 Å². The molecule has 2 heterocycles. The summed E-state index contributed by atoms with van der Waals surface area (Å²) < 4.78 is 52.0. The monoisotopic (exact) mass is 514 g/mol. The van der Waals surface area contributed by atoms with Crippen molar-refractivity contribution in [2.75, 3.05) is 54.3 Å². The SMILES string of the molecule is C=CC(=O)Nc1cccc(Nc2nc(Nc3ccc(N4CCOCC4)c(OC)c3)ncc2C(F)(F)F)c1. The van der Waals surface area contributed by atoms with E-state index in [-0.39, 0.29) is 11.6 Å². The summed E-state index contributed by atoms with van der Waals surface area (Å²) in [5.74, 6) is -0.353. The fourth-order valence-electron chi connectivity index (χ4n) is 3.70. The maximum Gasteiger partial charge on any atom is 0.421 e. The molecule has 1 fully saturated rings. The molecule has 0 aliphatic carbocycles. The summed E-state index contributed by atoms with van der Waals surface area (Å²) in [7, 11) is 1.55. The fourth-order valence-corrected chi connectivity index (χ4v) is 3.70. The normalized spacial score (nSPS) is 13.6. The molecule has 4 rings (SSSR count). The Morgan fingerprint density at radius 2 is 1.84 bits per heavy atom. The molecule has 194 valence electrons. The highest BCUT2D eigenvalue weighted by Gasteiger charge is 2.35. The van der Waals surface area contributed by atoms with Gasteiger partial charge >= 0.3 is 6.18 Å². The van der Waals surface area contributed by atoms with E-state index in [1.54, 1.807) is 37.4 Å². The highest BCUT2D eigenvalue weighted by atomic mass is 19.4. The summed E-state index contributed by atoms with van der Waals surface area (Å²) in [6, 6.07) is 11.6. The molecular weight excluding hydrogens is 489 g/mol. The van der Waals surface area contributed by atoms with Gasteiger partial charge in [0, 0.05) is 42.4 Å². The zero-order chi connectivity index (χ0) is 26.4. The third kappa shape index (κ3) is 6.47. The van der Waals surface area contributed by atoms with Gasteiger partial charge in [0.25, 0.3) is 0 Å². The van der Waals surface area contributed by atoms with Crippen molar-refractivity contribution in [2.24, 2.45) is 0 Å². The number of morpholine rings is 1. The minimum Gasteiger partial charge on any atom is -0.495 e. The number of nitrogens with one attached hydrogen (secondary N) is 3. The first-order valence-corrected chi connectivity index (χ1v) is 11.3. The molecule has 0 unspecified atom stereocenters. The first kappa shape index (κ1) is 25.8. The Hall–Kier alpha value is -4.32. The van der Waals surface area contributed by atoms with Crippen LogP contribution in [0.3, 0.4) is 0 Å². The van der Waals surface area contributed by atoms with Crippen LogP contribution in [0.15, 0.2) is 61.3 Å². The van der Waals surface area contributed by atoms with E-state index in [1.165, 1.54) is 6.07 Å². The third-order valence-electron chi connectivity index (χ3n) is 5.46. The molecule has 1 aliphatic rings. The Bertz CT molecular complexity index is 1280. The molecule has 1 saturated heterocycles. The van der Waals surface area contributed by atoms with Crippen LogP contribution in [0.2, 0.25) is 0 Å². The molecule has 0 spiro atoms. The van der Waals surface area contributed by atoms with Crippen molar-refractivity contribution in [1.82, 2.24) is 9.97 Å². The minimum atomic E-state index is -4.70. The zero-order valence-corrected chi connectivity index (χ0v) is 19.9. The lowest BCUT2D eigenvalue weighted by Crippen LogP contribution is -2.36. The van der Waals surface area contributed by atoms with E-state index < -0.39 is 23.5 Å². The maximum absolute atomic E-state index is 13.7. The predicted molar refractivity (Wildman–Crippen MR) is 135 cm³/mol. The predicted octanol–water partition coefficient (Wildman–Crippen LogP) is 4.95. The van der Waals surface area contributed by atoms with Crippen LogP contribution in [0.1, 0.15) is 5.56 Å². The summed E-state index contributed by atoms with van der Waals surface area (Å²) in [6.07, 6.45) is -2.90. The lowest BCUT2D eigenvalue weighted by Gasteiger charge is -2.30. The minimum absolute atomic E-state index is 0.0483. The standard InChI is InChI=1S/C25H25F3N6O3/c1-3-22(35)30-16-5-4-6-17(13-16)31-23-19(25(26,27)28)15-29-24(33-23)32-18-7-8-20(21(14-18)36-2)34-9-11-37-12-10-34/h3-8,13-15H,1,9-12H2,2H3,(H,30,35)(H2,29,31,32,33). The molecule has 0 radical (unpaired) electrons. The first-order chi connectivity index (χ1) is 17.8. The van der Waals surface area contributed by atoms with Gasteiger partial charge in [-0.3, -0.25) is 4.79 Å². The van der Waals surface area contributed by atoms with Crippen molar-refractivity contribution in [3.63, 3.8) is 0 Å². The number of anilines is 6. The van der Waals surface area contributed by atoms with E-state index in [0.717, 1.165) is 24.9 Å². The van der Waals surface area contributed by atoms with Gasteiger partial charge in [0.05, 0.1) is 26.0 Å². The topological polar surface area (TPSA) is 101 Å². The van der Waals surface area contributed by atoms with E-state index in [0.29, 0.717) is 36.5 Å². The summed E-state index contributed by atoms with van der Waals surface area (Å²) in [6.45, 7) is 6.04. The van der Waals surface area contributed by atoms with E-state index >= 15 is 0 Å². The Labute approximate surface area is 211 Å². The third-order valence-corrected chi connectivity index (χ3v) is 5.46. The highest BCUT2D eigenvalue weighted by molar-refractivity contribution is 5.99. The van der Waals surface area contributed by atoms with Gasteiger partial charge in [0.2, 0.25) is 11.9 Å². The largest absolute Gasteiger partial charge is 0.495 e. The number of aromatic nitrogens is 2. The number of ether oxygens (including phenoxy) is 2. The van der Waals surface area contributed by atoms with Crippen molar-refractivity contribution in [3.8, 4) is 5.75 Å². The number of rotatable bonds is 8. The summed E-state index contributed by atoms with van der Waals surface area (Å²) in [5.41, 5.74) is 1.04. The van der Waals surface area contributed by atoms with Gasteiger partial charge in [0.1, 0.15) is 17.1 Å². The number of methoxy groups -OCH3 is 1. The van der Waals surface area contributed by atoms with Crippen LogP contribution in [-0.4, -0.2) is 49.3 Å². The van der Waals surface area contributed by atoms with E-state index in [9.17, 15) is 18.0 Å². The van der Waals surface area contributed by atoms with Crippen molar-refractivity contribution >= 4 is 40.4 Å². The number of amides is 1. The van der Waals surface area contributed by atoms with Crippen LogP contribution in [-0.2, 0) is 15.7 Å². The van der Waals surface area contributed by atoms with Gasteiger partial charge in [-0.2, -0.15) is 18.2 Å². The number of hydrogen-bond acceptors (Lipinski definition) is 8. The number of nitrogens with zero attached hydrogens (tertiary/aromatic N) is 3. The van der Waals surface area contributed by atoms with Crippen molar-refractivity contribution < 1.29 is 27.4 Å². The smallest absolute Gasteiger partial charge is 0.421 e.